The van der Waals surface area contributed by atoms with Gasteiger partial charge >= 0.3 is 5.97 Å². The molecule has 4 aliphatic rings. The van der Waals surface area contributed by atoms with Crippen molar-refractivity contribution < 1.29 is 77.9 Å². The number of carbonyl (C=O) groups excluding carboxylic acids is 3. The van der Waals surface area contributed by atoms with Crippen LogP contribution >= 0.6 is 0 Å². The van der Waals surface area contributed by atoms with Crippen molar-refractivity contribution in [2.45, 2.75) is 74.7 Å². The number of rotatable bonds is 32. The number of benzene rings is 2. The van der Waals surface area contributed by atoms with Crippen LogP contribution in [0.5, 0.6) is 0 Å². The Bertz CT molecular complexity index is 2500. The van der Waals surface area contributed by atoms with Crippen molar-refractivity contribution in [2.24, 2.45) is 0 Å². The maximum atomic E-state index is 12.5. The average molecular weight is 1020 g/mol. The highest BCUT2D eigenvalue weighted by Gasteiger charge is 2.44. The molecule has 386 valence electrons. The lowest BCUT2D eigenvalue weighted by molar-refractivity contribution is -0.157. The quantitative estimate of drug-likeness (QED) is 0.0287. The molecule has 1 fully saturated rings. The van der Waals surface area contributed by atoms with Crippen LogP contribution in [0.15, 0.2) is 75.9 Å². The summed E-state index contributed by atoms with van der Waals surface area (Å²) in [5.74, 6) is -1.34. The maximum Gasteiger partial charge on any atom is 0.306 e. The Morgan fingerprint density at radius 1 is 0.800 bits per heavy atom. The molecule has 0 bridgehead atoms. The summed E-state index contributed by atoms with van der Waals surface area (Å²) in [6, 6.07) is 12.0. The highest BCUT2D eigenvalue weighted by Crippen LogP contribution is 2.51. The molecule has 1 aromatic rings. The Labute approximate surface area is 410 Å². The van der Waals surface area contributed by atoms with Crippen LogP contribution in [0.4, 0.5) is 5.69 Å². The Kier molecular flexibility index (Phi) is 22.3. The van der Waals surface area contributed by atoms with Gasteiger partial charge in [0.05, 0.1) is 75.8 Å². The van der Waals surface area contributed by atoms with E-state index in [4.69, 9.17) is 37.6 Å². The van der Waals surface area contributed by atoms with Gasteiger partial charge in [-0.25, -0.2) is 4.58 Å². The SMILES string of the molecule is COCCOCCOCC[N+](CCOCCOCCOC)=c1ccc2c(/C=C/C=C3/N(CCCCCC(=O)OC4C(=O)CCC4=O)c4ccc(S(=O)(=O)O)cc4C3(C)CCCS(=O)(=O)O)ccoc-2c1. The summed E-state index contributed by atoms with van der Waals surface area (Å²) in [5, 5.41) is 0.888. The number of Topliss-reactive ketones (excluding diaryl/α,β-unsaturated/α-hetero) is 2. The van der Waals surface area contributed by atoms with Gasteiger partial charge in [-0.1, -0.05) is 18.6 Å². The summed E-state index contributed by atoms with van der Waals surface area (Å²) in [6.07, 6.45) is 7.74. The van der Waals surface area contributed by atoms with E-state index < -0.39 is 55.0 Å². The number of carbonyl (C=O) groups is 3. The highest BCUT2D eigenvalue weighted by atomic mass is 32.2. The largest absolute Gasteiger partial charge is 0.464 e. The fourth-order valence-corrected chi connectivity index (χ4v) is 9.40. The first-order valence-electron chi connectivity index (χ1n) is 23.4. The molecule has 0 saturated heterocycles. The Balaban J connectivity index is 1.40. The summed E-state index contributed by atoms with van der Waals surface area (Å²) in [5.41, 5.74) is 2.52. The van der Waals surface area contributed by atoms with E-state index in [0.29, 0.717) is 128 Å². The summed E-state index contributed by atoms with van der Waals surface area (Å²) in [7, 11) is -5.71. The van der Waals surface area contributed by atoms with Crippen molar-refractivity contribution in [3.63, 3.8) is 0 Å². The van der Waals surface area contributed by atoms with Gasteiger partial charge in [-0.15, -0.1) is 0 Å². The van der Waals surface area contributed by atoms with Crippen LogP contribution in [-0.2, 0) is 73.2 Å². The van der Waals surface area contributed by atoms with Crippen molar-refractivity contribution >= 4 is 49.5 Å². The van der Waals surface area contributed by atoms with Crippen LogP contribution in [0.25, 0.3) is 17.4 Å². The molecule has 2 heterocycles. The van der Waals surface area contributed by atoms with Crippen molar-refractivity contribution in [2.75, 3.05) is 111 Å². The van der Waals surface area contributed by atoms with Gasteiger partial charge in [0.25, 0.3) is 20.2 Å². The fourth-order valence-electron chi connectivity index (χ4n) is 8.38. The number of ketones is 2. The summed E-state index contributed by atoms with van der Waals surface area (Å²) in [4.78, 5) is 38.2. The normalized spacial score (nSPS) is 17.2. The molecular weight excluding hydrogens is 953 g/mol. The third-order valence-corrected chi connectivity index (χ3v) is 13.7. The first-order valence-corrected chi connectivity index (χ1v) is 26.5. The second-order valence-corrected chi connectivity index (χ2v) is 20.0. The summed E-state index contributed by atoms with van der Waals surface area (Å²) in [6.45, 7) is 8.00. The Morgan fingerprint density at radius 3 is 2.04 bits per heavy atom. The number of methoxy groups -OCH3 is 2. The van der Waals surface area contributed by atoms with Crippen LogP contribution in [0.2, 0.25) is 0 Å². The zero-order chi connectivity index (χ0) is 50.6. The number of unbranched alkanes of at least 4 members (excludes halogenated alkanes) is 2. The molecule has 1 aromatic carbocycles. The lowest BCUT2D eigenvalue weighted by Crippen LogP contribution is -2.36. The molecule has 1 unspecified atom stereocenters. The van der Waals surface area contributed by atoms with Gasteiger partial charge in [-0.05, 0) is 80.1 Å². The number of nitrogens with zero attached hydrogens (tertiary/aromatic N) is 2. The van der Waals surface area contributed by atoms with E-state index >= 15 is 0 Å². The number of anilines is 1. The molecule has 21 heteroatoms. The highest BCUT2D eigenvalue weighted by molar-refractivity contribution is 7.86. The van der Waals surface area contributed by atoms with Gasteiger partial charge in [0.1, 0.15) is 19.0 Å². The molecule has 0 spiro atoms. The van der Waals surface area contributed by atoms with E-state index in [-0.39, 0.29) is 37.0 Å². The lowest BCUT2D eigenvalue weighted by atomic mass is 9.77. The zero-order valence-corrected chi connectivity index (χ0v) is 41.8. The first-order chi connectivity index (χ1) is 33.6. The Hall–Kier alpha value is -4.68. The van der Waals surface area contributed by atoms with E-state index in [1.807, 2.05) is 54.3 Å². The van der Waals surface area contributed by atoms with Crippen molar-refractivity contribution in [3.8, 4) is 11.3 Å². The number of fused-ring (bicyclic) bond motifs is 2. The van der Waals surface area contributed by atoms with Gasteiger partial charge in [-0.2, -0.15) is 16.8 Å². The molecule has 0 amide bonds. The minimum absolute atomic E-state index is 0.00154. The molecule has 5 rings (SSSR count). The van der Waals surface area contributed by atoms with Crippen molar-refractivity contribution in [1.82, 2.24) is 4.58 Å². The number of ether oxygens (including phenoxy) is 7. The topological polar surface area (TPSA) is 244 Å². The molecule has 1 atom stereocenters. The van der Waals surface area contributed by atoms with Crippen molar-refractivity contribution in [3.05, 3.63) is 83.1 Å². The molecular formula is C49H67N2O17S2+. The van der Waals surface area contributed by atoms with E-state index in [0.717, 1.165) is 16.5 Å². The van der Waals surface area contributed by atoms with E-state index in [9.17, 15) is 40.3 Å². The second-order valence-electron chi connectivity index (χ2n) is 17.0. The van der Waals surface area contributed by atoms with Gasteiger partial charge < -0.3 is 42.5 Å². The molecule has 19 nitrogen and oxygen atoms in total. The smallest absolute Gasteiger partial charge is 0.306 e. The molecule has 0 aromatic heterocycles. The molecule has 1 saturated carbocycles. The van der Waals surface area contributed by atoms with Gasteiger partial charge in [0, 0.05) is 68.5 Å². The van der Waals surface area contributed by atoms with Gasteiger partial charge in [0.2, 0.25) is 11.5 Å². The predicted molar refractivity (Wildman–Crippen MR) is 259 cm³/mol. The first kappa shape index (κ1) is 56.2. The van der Waals surface area contributed by atoms with Crippen LogP contribution in [0.3, 0.4) is 0 Å². The number of hydrogen-bond donors (Lipinski definition) is 2. The van der Waals surface area contributed by atoms with E-state index in [1.54, 1.807) is 26.5 Å². The zero-order valence-electron chi connectivity index (χ0n) is 40.2. The molecule has 0 radical (unpaired) electrons. The number of esters is 1. The fraction of sp³-hybridized carbons (Fsp3) is 0.551. The monoisotopic (exact) mass is 1020 g/mol. The second kappa shape index (κ2) is 27.8. The van der Waals surface area contributed by atoms with Crippen molar-refractivity contribution in [1.29, 1.82) is 0 Å². The number of hydrogen-bond acceptors (Lipinski definition) is 16. The minimum Gasteiger partial charge on any atom is -0.464 e. The molecule has 2 aliphatic heterocycles. The van der Waals surface area contributed by atoms with Crippen LogP contribution in [0.1, 0.15) is 69.4 Å². The molecule has 2 aliphatic carbocycles. The van der Waals surface area contributed by atoms with Crippen LogP contribution in [-0.4, -0.2) is 155 Å². The van der Waals surface area contributed by atoms with E-state index in [2.05, 4.69) is 4.58 Å². The van der Waals surface area contributed by atoms with E-state index in [1.165, 1.54) is 12.1 Å². The van der Waals surface area contributed by atoms with Gasteiger partial charge in [-0.3, -0.25) is 23.5 Å². The van der Waals surface area contributed by atoms with Crippen LogP contribution < -0.4 is 14.8 Å². The molecule has 70 heavy (non-hydrogen) atoms. The molecule has 2 N–H and O–H groups in total. The predicted octanol–water partition coefficient (Wildman–Crippen LogP) is 4.51. The summed E-state index contributed by atoms with van der Waals surface area (Å²) < 4.78 is 114. The maximum absolute atomic E-state index is 12.5. The third kappa shape index (κ3) is 17.0. The average Bonchev–Trinajstić information content (AvgIpc) is 3.75. The third-order valence-electron chi connectivity index (χ3n) is 12.0. The lowest BCUT2D eigenvalue weighted by Gasteiger charge is -2.30. The number of allylic oxidation sites excluding steroid dienone is 3. The van der Waals surface area contributed by atoms with Gasteiger partial charge in [0.15, 0.2) is 24.7 Å². The standard InChI is InChI=1S/C49H66N2O17S2/c1-49(19-8-34-69(55,56)57)41-36-39(70(58,59)60)13-15-42(41)51(20-6-4-5-11-47(54)68-48-43(52)16-17-44(48)53)46(49)10-7-9-37-18-23-67-45-35-38(12-14-40(37)45)50(21-24-63-30-32-65-28-26-61-2)22-25-64-31-33-66-29-27-62-3/h7,9-10,12-15,18,23,35-36,48H,4-6,8,11,16-17,19-22,24-34H2,1-3H3,(H-,55,56,57,58,59,60)/p+1. The van der Waals surface area contributed by atoms with Crippen LogP contribution in [0, 0.1) is 0 Å². The summed E-state index contributed by atoms with van der Waals surface area (Å²) >= 11 is 0. The Morgan fingerprint density at radius 2 is 1.43 bits per heavy atom. The minimum atomic E-state index is -4.62.